The van der Waals surface area contributed by atoms with E-state index in [9.17, 15) is 4.79 Å². The minimum atomic E-state index is -0.0983. The summed E-state index contributed by atoms with van der Waals surface area (Å²) >= 11 is 1.33. The molecule has 1 amide bonds. The number of ether oxygens (including phenoxy) is 2. The van der Waals surface area contributed by atoms with Gasteiger partial charge in [-0.1, -0.05) is 23.9 Å². The molecule has 148 valence electrons. The van der Waals surface area contributed by atoms with Crippen LogP contribution in [0.15, 0.2) is 52.2 Å². The number of furan rings is 1. The Kier molecular flexibility index (Phi) is 6.96. The average molecular weight is 402 g/mol. The average Bonchev–Trinajstić information content (AvgIpc) is 3.38. The molecule has 3 aromatic rings. The van der Waals surface area contributed by atoms with E-state index in [0.717, 1.165) is 0 Å². The zero-order chi connectivity index (χ0) is 19.8. The molecular weight excluding hydrogens is 380 g/mol. The number of carbonyl (C=O) groups excluding carboxylic acids is 1. The Labute approximate surface area is 167 Å². The largest absolute Gasteiger partial charge is 0.493 e. The van der Waals surface area contributed by atoms with Gasteiger partial charge in [-0.3, -0.25) is 4.79 Å². The van der Waals surface area contributed by atoms with Crippen LogP contribution in [0, 0.1) is 0 Å². The number of nitrogens with zero attached hydrogens (tertiary/aromatic N) is 3. The first-order valence-corrected chi connectivity index (χ1v) is 9.79. The Balaban J connectivity index is 1.55. The summed E-state index contributed by atoms with van der Waals surface area (Å²) in [6.07, 6.45) is 1.58. The van der Waals surface area contributed by atoms with Crippen LogP contribution in [0.1, 0.15) is 18.5 Å². The first kappa shape index (κ1) is 19.8. The van der Waals surface area contributed by atoms with Crippen LogP contribution in [0.5, 0.6) is 11.5 Å². The quantitative estimate of drug-likeness (QED) is 0.521. The lowest BCUT2D eigenvalue weighted by Crippen LogP contribution is -2.24. The molecule has 0 aliphatic rings. The van der Waals surface area contributed by atoms with Gasteiger partial charge in [0.25, 0.3) is 0 Å². The molecule has 2 aromatic heterocycles. The van der Waals surface area contributed by atoms with Crippen molar-refractivity contribution in [1.29, 1.82) is 0 Å². The van der Waals surface area contributed by atoms with Crippen molar-refractivity contribution in [2.45, 2.75) is 31.8 Å². The number of hydrogen-bond donors (Lipinski definition) is 1. The fourth-order valence-corrected chi connectivity index (χ4v) is 3.36. The summed E-state index contributed by atoms with van der Waals surface area (Å²) < 4.78 is 18.2. The monoisotopic (exact) mass is 402 g/mol. The molecule has 0 fully saturated rings. The molecule has 0 aliphatic carbocycles. The number of rotatable bonds is 10. The normalized spacial score (nSPS) is 10.6. The van der Waals surface area contributed by atoms with E-state index in [0.29, 0.717) is 41.3 Å². The molecular formula is C19H22N4O4S. The molecule has 0 unspecified atom stereocenters. The lowest BCUT2D eigenvalue weighted by molar-refractivity contribution is -0.118. The number of benzene rings is 1. The number of para-hydroxylation sites is 2. The van der Waals surface area contributed by atoms with Gasteiger partial charge in [0.05, 0.1) is 25.7 Å². The van der Waals surface area contributed by atoms with Gasteiger partial charge in [-0.25, -0.2) is 0 Å². The van der Waals surface area contributed by atoms with Crippen molar-refractivity contribution in [1.82, 2.24) is 20.1 Å². The summed E-state index contributed by atoms with van der Waals surface area (Å²) in [5, 5.41) is 11.9. The third-order valence-electron chi connectivity index (χ3n) is 3.91. The Morgan fingerprint density at radius 3 is 2.75 bits per heavy atom. The third kappa shape index (κ3) is 5.07. The van der Waals surface area contributed by atoms with E-state index in [-0.39, 0.29) is 18.3 Å². The van der Waals surface area contributed by atoms with Crippen molar-refractivity contribution in [3.8, 4) is 11.5 Å². The maximum atomic E-state index is 12.0. The van der Waals surface area contributed by atoms with Gasteiger partial charge < -0.3 is 23.8 Å². The molecule has 2 heterocycles. The van der Waals surface area contributed by atoms with Crippen LogP contribution in [-0.4, -0.2) is 33.5 Å². The molecule has 0 saturated heterocycles. The lowest BCUT2D eigenvalue weighted by atomic mass is 10.3. The summed E-state index contributed by atoms with van der Waals surface area (Å²) in [7, 11) is 1.60. The molecule has 0 aliphatic heterocycles. The first-order valence-electron chi connectivity index (χ1n) is 8.81. The SMILES string of the molecule is CCn1c(COc2ccccc2OC)nnc1SCC(=O)NCc1ccco1. The van der Waals surface area contributed by atoms with Crippen molar-refractivity contribution in [3.63, 3.8) is 0 Å². The van der Waals surface area contributed by atoms with E-state index in [1.54, 1.807) is 19.4 Å². The summed E-state index contributed by atoms with van der Waals surface area (Å²) in [6, 6.07) is 11.0. The van der Waals surface area contributed by atoms with Crippen LogP contribution in [0.25, 0.3) is 0 Å². The van der Waals surface area contributed by atoms with Crippen LogP contribution < -0.4 is 14.8 Å². The number of nitrogens with one attached hydrogen (secondary N) is 1. The smallest absolute Gasteiger partial charge is 0.230 e. The predicted molar refractivity (Wildman–Crippen MR) is 104 cm³/mol. The number of aromatic nitrogens is 3. The topological polar surface area (TPSA) is 91.4 Å². The van der Waals surface area contributed by atoms with Crippen LogP contribution >= 0.6 is 11.8 Å². The van der Waals surface area contributed by atoms with Gasteiger partial charge in [-0.15, -0.1) is 10.2 Å². The van der Waals surface area contributed by atoms with E-state index in [1.165, 1.54) is 11.8 Å². The van der Waals surface area contributed by atoms with E-state index in [1.807, 2.05) is 41.8 Å². The van der Waals surface area contributed by atoms with E-state index in [2.05, 4.69) is 15.5 Å². The molecule has 3 rings (SSSR count). The standard InChI is InChI=1S/C19H22N4O4S/c1-3-23-17(12-27-16-9-5-4-8-15(16)25-2)21-22-19(23)28-13-18(24)20-11-14-7-6-10-26-14/h4-10H,3,11-13H2,1-2H3,(H,20,24). The van der Waals surface area contributed by atoms with Crippen LogP contribution in [0.2, 0.25) is 0 Å². The van der Waals surface area contributed by atoms with Gasteiger partial charge in [0.2, 0.25) is 5.91 Å². The minimum Gasteiger partial charge on any atom is -0.493 e. The van der Waals surface area contributed by atoms with Crippen LogP contribution in [0.4, 0.5) is 0 Å². The Hall–Kier alpha value is -2.94. The van der Waals surface area contributed by atoms with Crippen molar-refractivity contribution in [2.75, 3.05) is 12.9 Å². The fraction of sp³-hybridized carbons (Fsp3) is 0.316. The lowest BCUT2D eigenvalue weighted by Gasteiger charge is -2.11. The zero-order valence-electron chi connectivity index (χ0n) is 15.8. The van der Waals surface area contributed by atoms with Gasteiger partial charge >= 0.3 is 0 Å². The molecule has 0 saturated carbocycles. The Morgan fingerprint density at radius 2 is 2.04 bits per heavy atom. The maximum Gasteiger partial charge on any atom is 0.230 e. The van der Waals surface area contributed by atoms with E-state index < -0.39 is 0 Å². The molecule has 28 heavy (non-hydrogen) atoms. The highest BCUT2D eigenvalue weighted by Crippen LogP contribution is 2.27. The Bertz CT molecular complexity index is 895. The van der Waals surface area contributed by atoms with Gasteiger partial charge in [0, 0.05) is 6.54 Å². The molecule has 9 heteroatoms. The third-order valence-corrected chi connectivity index (χ3v) is 4.87. The highest BCUT2D eigenvalue weighted by molar-refractivity contribution is 7.99. The van der Waals surface area contributed by atoms with Crippen molar-refractivity contribution in [2.24, 2.45) is 0 Å². The minimum absolute atomic E-state index is 0.0983. The van der Waals surface area contributed by atoms with Gasteiger partial charge in [0.1, 0.15) is 12.4 Å². The molecule has 8 nitrogen and oxygen atoms in total. The summed E-state index contributed by atoms with van der Waals surface area (Å²) in [5.74, 6) is 2.85. The highest BCUT2D eigenvalue weighted by atomic mass is 32.2. The second kappa shape index (κ2) is 9.84. The van der Waals surface area contributed by atoms with Crippen molar-refractivity contribution in [3.05, 3.63) is 54.2 Å². The first-order chi connectivity index (χ1) is 13.7. The van der Waals surface area contributed by atoms with Gasteiger partial charge in [-0.2, -0.15) is 0 Å². The number of methoxy groups -OCH3 is 1. The van der Waals surface area contributed by atoms with Crippen molar-refractivity contribution >= 4 is 17.7 Å². The number of carbonyl (C=O) groups is 1. The highest BCUT2D eigenvalue weighted by Gasteiger charge is 2.14. The molecule has 0 atom stereocenters. The van der Waals surface area contributed by atoms with Crippen molar-refractivity contribution < 1.29 is 18.7 Å². The molecule has 0 radical (unpaired) electrons. The van der Waals surface area contributed by atoms with Crippen LogP contribution in [-0.2, 0) is 24.5 Å². The number of hydrogen-bond acceptors (Lipinski definition) is 7. The van der Waals surface area contributed by atoms with Gasteiger partial charge in [-0.05, 0) is 31.2 Å². The number of amides is 1. The zero-order valence-corrected chi connectivity index (χ0v) is 16.6. The molecule has 0 spiro atoms. The second-order valence-electron chi connectivity index (χ2n) is 5.73. The predicted octanol–water partition coefficient (Wildman–Crippen LogP) is 2.89. The summed E-state index contributed by atoms with van der Waals surface area (Å²) in [4.78, 5) is 12.0. The van der Waals surface area contributed by atoms with Crippen LogP contribution in [0.3, 0.4) is 0 Å². The summed E-state index contributed by atoms with van der Waals surface area (Å²) in [5.41, 5.74) is 0. The molecule has 0 bridgehead atoms. The molecule has 1 N–H and O–H groups in total. The summed E-state index contributed by atoms with van der Waals surface area (Å²) in [6.45, 7) is 3.29. The van der Waals surface area contributed by atoms with Gasteiger partial charge in [0.15, 0.2) is 22.5 Å². The van der Waals surface area contributed by atoms with E-state index in [4.69, 9.17) is 13.9 Å². The maximum absolute atomic E-state index is 12.0. The second-order valence-corrected chi connectivity index (χ2v) is 6.67. The van der Waals surface area contributed by atoms with E-state index >= 15 is 0 Å². The number of thioether (sulfide) groups is 1. The molecule has 1 aromatic carbocycles. The Morgan fingerprint density at radius 1 is 1.21 bits per heavy atom. The fourth-order valence-electron chi connectivity index (χ4n) is 2.51.